The molecule has 0 unspecified atom stereocenters. The van der Waals surface area contributed by atoms with E-state index in [0.717, 1.165) is 24.1 Å². The molecule has 116 valence electrons. The number of rotatable bonds is 5. The normalized spacial score (nSPS) is 12.0. The third-order valence-corrected chi connectivity index (χ3v) is 3.39. The Morgan fingerprint density at radius 2 is 1.73 bits per heavy atom. The van der Waals surface area contributed by atoms with Crippen LogP contribution in [-0.4, -0.2) is 5.91 Å². The van der Waals surface area contributed by atoms with Crippen molar-refractivity contribution in [2.75, 3.05) is 5.32 Å². The molecule has 2 aromatic rings. The summed E-state index contributed by atoms with van der Waals surface area (Å²) >= 11 is 0. The van der Waals surface area contributed by atoms with Gasteiger partial charge in [0.15, 0.2) is 17.5 Å². The summed E-state index contributed by atoms with van der Waals surface area (Å²) in [6.45, 7) is 1.93. The molecule has 0 spiro atoms. The van der Waals surface area contributed by atoms with Crippen LogP contribution in [0.15, 0.2) is 42.5 Å². The molecule has 0 saturated carbocycles. The monoisotopic (exact) mass is 307 g/mol. The predicted octanol–water partition coefficient (Wildman–Crippen LogP) is 4.63. The minimum atomic E-state index is -1.59. The second-order valence-electron chi connectivity index (χ2n) is 4.96. The Balaban J connectivity index is 2.24. The van der Waals surface area contributed by atoms with Crippen molar-refractivity contribution in [3.05, 3.63) is 65.5 Å². The van der Waals surface area contributed by atoms with Gasteiger partial charge in [-0.2, -0.15) is 0 Å². The van der Waals surface area contributed by atoms with Crippen LogP contribution in [0.4, 0.5) is 18.9 Å². The molecule has 0 bridgehead atoms. The molecule has 1 amide bonds. The minimum Gasteiger partial charge on any atom is -0.323 e. The molecule has 1 atom stereocenters. The van der Waals surface area contributed by atoms with Gasteiger partial charge in [0.1, 0.15) is 0 Å². The Morgan fingerprint density at radius 1 is 1.05 bits per heavy atom. The average Bonchev–Trinajstić information content (AvgIpc) is 2.54. The van der Waals surface area contributed by atoms with Crippen molar-refractivity contribution in [1.29, 1.82) is 0 Å². The molecule has 0 saturated heterocycles. The van der Waals surface area contributed by atoms with Gasteiger partial charge in [-0.25, -0.2) is 13.2 Å². The zero-order valence-corrected chi connectivity index (χ0v) is 12.1. The van der Waals surface area contributed by atoms with Crippen LogP contribution in [0, 0.1) is 17.5 Å². The third-order valence-electron chi connectivity index (χ3n) is 3.39. The van der Waals surface area contributed by atoms with Gasteiger partial charge in [-0.05, 0) is 24.1 Å². The van der Waals surface area contributed by atoms with Crippen LogP contribution in [0.3, 0.4) is 0 Å². The molecule has 0 aromatic heterocycles. The highest BCUT2D eigenvalue weighted by atomic mass is 19.2. The Labute approximate surface area is 127 Å². The van der Waals surface area contributed by atoms with Gasteiger partial charge in [-0.3, -0.25) is 4.79 Å². The van der Waals surface area contributed by atoms with E-state index < -0.39 is 29.3 Å². The maximum atomic E-state index is 13.6. The highest BCUT2D eigenvalue weighted by Crippen LogP contribution is 2.25. The summed E-state index contributed by atoms with van der Waals surface area (Å²) in [6, 6.07) is 10.9. The zero-order chi connectivity index (χ0) is 16.1. The van der Waals surface area contributed by atoms with Gasteiger partial charge < -0.3 is 5.32 Å². The van der Waals surface area contributed by atoms with Gasteiger partial charge in [0.25, 0.3) is 0 Å². The van der Waals surface area contributed by atoms with Crippen molar-refractivity contribution in [2.24, 2.45) is 0 Å². The smallest absolute Gasteiger partial charge is 0.231 e. The van der Waals surface area contributed by atoms with E-state index in [4.69, 9.17) is 0 Å². The Kier molecular flexibility index (Phi) is 5.20. The summed E-state index contributed by atoms with van der Waals surface area (Å²) in [5, 5.41) is 2.34. The minimum absolute atomic E-state index is 0.360. The fourth-order valence-electron chi connectivity index (χ4n) is 2.27. The zero-order valence-electron chi connectivity index (χ0n) is 12.1. The summed E-state index contributed by atoms with van der Waals surface area (Å²) in [7, 11) is 0. The number of hydrogen-bond donors (Lipinski definition) is 1. The molecule has 0 radical (unpaired) electrons. The van der Waals surface area contributed by atoms with E-state index in [9.17, 15) is 18.0 Å². The predicted molar refractivity (Wildman–Crippen MR) is 79.0 cm³/mol. The molecular formula is C17H16F3NO. The van der Waals surface area contributed by atoms with Gasteiger partial charge in [0.05, 0.1) is 11.6 Å². The van der Waals surface area contributed by atoms with Crippen LogP contribution >= 0.6 is 0 Å². The van der Waals surface area contributed by atoms with Gasteiger partial charge >= 0.3 is 0 Å². The SMILES string of the molecule is CCC[C@@H](C(=O)Nc1ccc(F)c(F)c1F)c1ccccc1. The van der Waals surface area contributed by atoms with Crippen molar-refractivity contribution < 1.29 is 18.0 Å². The molecule has 2 nitrogen and oxygen atoms in total. The molecule has 0 aliphatic heterocycles. The van der Waals surface area contributed by atoms with Crippen LogP contribution in [-0.2, 0) is 4.79 Å². The van der Waals surface area contributed by atoms with Crippen molar-refractivity contribution in [1.82, 2.24) is 0 Å². The number of nitrogens with one attached hydrogen (secondary N) is 1. The van der Waals surface area contributed by atoms with Crippen LogP contribution in [0.25, 0.3) is 0 Å². The molecule has 5 heteroatoms. The van der Waals surface area contributed by atoms with Crippen LogP contribution in [0.2, 0.25) is 0 Å². The quantitative estimate of drug-likeness (QED) is 0.802. The average molecular weight is 307 g/mol. The number of amides is 1. The largest absolute Gasteiger partial charge is 0.323 e. The first-order valence-electron chi connectivity index (χ1n) is 7.04. The van der Waals surface area contributed by atoms with Crippen LogP contribution < -0.4 is 5.32 Å². The van der Waals surface area contributed by atoms with E-state index in [0.29, 0.717) is 6.42 Å². The van der Waals surface area contributed by atoms with Crippen molar-refractivity contribution >= 4 is 11.6 Å². The lowest BCUT2D eigenvalue weighted by Crippen LogP contribution is -2.22. The molecule has 0 aliphatic carbocycles. The standard InChI is InChI=1S/C17H16F3NO/c1-2-6-12(11-7-4-3-5-8-11)17(22)21-14-10-9-13(18)15(19)16(14)20/h3-5,7-10,12H,2,6H2,1H3,(H,21,22)/t12-/m1/s1. The molecule has 1 N–H and O–H groups in total. The Bertz CT molecular complexity index is 658. The summed E-state index contributed by atoms with van der Waals surface area (Å²) in [4.78, 5) is 12.4. The molecule has 0 aliphatic rings. The second kappa shape index (κ2) is 7.11. The summed E-state index contributed by atoms with van der Waals surface area (Å²) < 4.78 is 39.8. The number of hydrogen-bond acceptors (Lipinski definition) is 1. The number of benzene rings is 2. The van der Waals surface area contributed by atoms with Gasteiger partial charge in [0.2, 0.25) is 5.91 Å². The highest BCUT2D eigenvalue weighted by molar-refractivity contribution is 5.95. The highest BCUT2D eigenvalue weighted by Gasteiger charge is 2.22. The maximum absolute atomic E-state index is 13.6. The number of carbonyl (C=O) groups excluding carboxylic acids is 1. The molecule has 22 heavy (non-hydrogen) atoms. The molecular weight excluding hydrogens is 291 g/mol. The fraction of sp³-hybridized carbons (Fsp3) is 0.235. The topological polar surface area (TPSA) is 29.1 Å². The lowest BCUT2D eigenvalue weighted by atomic mass is 9.93. The fourth-order valence-corrected chi connectivity index (χ4v) is 2.27. The van der Waals surface area contributed by atoms with Crippen molar-refractivity contribution in [3.8, 4) is 0 Å². The van der Waals surface area contributed by atoms with Crippen LogP contribution in [0.1, 0.15) is 31.2 Å². The van der Waals surface area contributed by atoms with E-state index in [2.05, 4.69) is 5.32 Å². The molecule has 0 fully saturated rings. The number of halogens is 3. The Morgan fingerprint density at radius 3 is 2.36 bits per heavy atom. The second-order valence-corrected chi connectivity index (χ2v) is 4.96. The Hall–Kier alpha value is -2.30. The van der Waals surface area contributed by atoms with Gasteiger partial charge in [0, 0.05) is 0 Å². The summed E-state index contributed by atoms with van der Waals surface area (Å²) in [5.74, 6) is -5.19. The first-order valence-corrected chi connectivity index (χ1v) is 7.04. The molecule has 2 rings (SSSR count). The first-order chi connectivity index (χ1) is 10.5. The molecule has 2 aromatic carbocycles. The lowest BCUT2D eigenvalue weighted by Gasteiger charge is -2.17. The van der Waals surface area contributed by atoms with Crippen LogP contribution in [0.5, 0.6) is 0 Å². The maximum Gasteiger partial charge on any atom is 0.231 e. The van der Waals surface area contributed by atoms with Crippen molar-refractivity contribution in [2.45, 2.75) is 25.7 Å². The van der Waals surface area contributed by atoms with E-state index in [1.807, 2.05) is 37.3 Å². The lowest BCUT2D eigenvalue weighted by molar-refractivity contribution is -0.117. The van der Waals surface area contributed by atoms with E-state index in [1.165, 1.54) is 0 Å². The number of anilines is 1. The van der Waals surface area contributed by atoms with E-state index >= 15 is 0 Å². The van der Waals surface area contributed by atoms with Gasteiger partial charge in [-0.15, -0.1) is 0 Å². The third kappa shape index (κ3) is 3.47. The first kappa shape index (κ1) is 16.1. The number of carbonyl (C=O) groups is 1. The summed E-state index contributed by atoms with van der Waals surface area (Å²) in [6.07, 6.45) is 1.33. The van der Waals surface area contributed by atoms with Crippen molar-refractivity contribution in [3.63, 3.8) is 0 Å². The van der Waals surface area contributed by atoms with Gasteiger partial charge in [-0.1, -0.05) is 43.7 Å². The van der Waals surface area contributed by atoms with E-state index in [1.54, 1.807) is 0 Å². The molecule has 0 heterocycles. The summed E-state index contributed by atoms with van der Waals surface area (Å²) in [5.41, 5.74) is 0.436. The van der Waals surface area contributed by atoms with E-state index in [-0.39, 0.29) is 5.69 Å².